The minimum atomic E-state index is -0.831. The summed E-state index contributed by atoms with van der Waals surface area (Å²) in [7, 11) is 0. The standard InChI is InChI=1S/C14H20N6O3/c1-9(2)8-20-13(23)16-12(22)14(20)3-5-19(6-4-14)11(21)10-7-15-18-17-10/h7,9H,3-6,8H2,1-2H3,(H,15,17,18)(H,16,22,23). The van der Waals surface area contributed by atoms with Crippen molar-refractivity contribution in [3.8, 4) is 0 Å². The summed E-state index contributed by atoms with van der Waals surface area (Å²) in [5.41, 5.74) is -0.575. The normalized spacial score (nSPS) is 20.5. The molecular formula is C14H20N6O3. The lowest BCUT2D eigenvalue weighted by Crippen LogP contribution is -2.58. The SMILES string of the molecule is CC(C)CN1C(=O)NC(=O)C12CCN(C(=O)c1cn[nH]n1)CC2. The van der Waals surface area contributed by atoms with Crippen LogP contribution in [0.2, 0.25) is 0 Å². The summed E-state index contributed by atoms with van der Waals surface area (Å²) in [4.78, 5) is 40.0. The number of aromatic amines is 1. The van der Waals surface area contributed by atoms with Gasteiger partial charge in [-0.25, -0.2) is 4.79 Å². The first-order chi connectivity index (χ1) is 10.9. The zero-order chi connectivity index (χ0) is 16.6. The maximum atomic E-state index is 12.4. The van der Waals surface area contributed by atoms with Crippen LogP contribution < -0.4 is 5.32 Å². The minimum Gasteiger partial charge on any atom is -0.337 e. The molecule has 3 heterocycles. The van der Waals surface area contributed by atoms with Crippen LogP contribution in [0.15, 0.2) is 6.20 Å². The van der Waals surface area contributed by atoms with Gasteiger partial charge < -0.3 is 9.80 Å². The second-order valence-electron chi connectivity index (χ2n) is 6.44. The van der Waals surface area contributed by atoms with Crippen molar-refractivity contribution in [2.45, 2.75) is 32.2 Å². The summed E-state index contributed by atoms with van der Waals surface area (Å²) >= 11 is 0. The van der Waals surface area contributed by atoms with Gasteiger partial charge in [0, 0.05) is 19.6 Å². The Kier molecular flexibility index (Phi) is 3.78. The third kappa shape index (κ3) is 2.55. The van der Waals surface area contributed by atoms with Crippen LogP contribution >= 0.6 is 0 Å². The Balaban J connectivity index is 1.74. The molecule has 0 bridgehead atoms. The fourth-order valence-electron chi connectivity index (χ4n) is 3.26. The maximum absolute atomic E-state index is 12.4. The van der Waals surface area contributed by atoms with E-state index in [1.165, 1.54) is 6.20 Å². The number of carbonyl (C=O) groups is 3. The highest BCUT2D eigenvalue weighted by atomic mass is 16.2. The number of rotatable bonds is 3. The number of carbonyl (C=O) groups excluding carboxylic acids is 3. The average molecular weight is 320 g/mol. The van der Waals surface area contributed by atoms with Crippen LogP contribution in [0.4, 0.5) is 4.79 Å². The highest BCUT2D eigenvalue weighted by Crippen LogP contribution is 2.34. The van der Waals surface area contributed by atoms with Gasteiger partial charge in [-0.05, 0) is 18.8 Å². The van der Waals surface area contributed by atoms with Gasteiger partial charge in [0.2, 0.25) is 0 Å². The summed E-state index contributed by atoms with van der Waals surface area (Å²) in [5, 5.41) is 12.3. The maximum Gasteiger partial charge on any atom is 0.325 e. The summed E-state index contributed by atoms with van der Waals surface area (Å²) < 4.78 is 0. The van der Waals surface area contributed by atoms with E-state index in [0.29, 0.717) is 32.5 Å². The van der Waals surface area contributed by atoms with Crippen LogP contribution in [0.1, 0.15) is 37.2 Å². The van der Waals surface area contributed by atoms with Crippen LogP contribution in [0, 0.1) is 5.92 Å². The van der Waals surface area contributed by atoms with Gasteiger partial charge in [-0.15, -0.1) is 0 Å². The first kappa shape index (κ1) is 15.4. The lowest BCUT2D eigenvalue weighted by molar-refractivity contribution is -0.129. The summed E-state index contributed by atoms with van der Waals surface area (Å²) in [6, 6.07) is -0.333. The van der Waals surface area contributed by atoms with Gasteiger partial charge in [0.25, 0.3) is 11.8 Å². The summed E-state index contributed by atoms with van der Waals surface area (Å²) in [6.45, 7) is 5.34. The third-order valence-electron chi connectivity index (χ3n) is 4.46. The molecule has 9 heteroatoms. The summed E-state index contributed by atoms with van der Waals surface area (Å²) in [6.07, 6.45) is 2.24. The van der Waals surface area contributed by atoms with Crippen molar-refractivity contribution < 1.29 is 14.4 Å². The van der Waals surface area contributed by atoms with Gasteiger partial charge in [-0.3, -0.25) is 14.9 Å². The first-order valence-electron chi connectivity index (χ1n) is 7.72. The second kappa shape index (κ2) is 5.64. The number of piperidine rings is 1. The Morgan fingerprint density at radius 3 is 2.61 bits per heavy atom. The second-order valence-corrected chi connectivity index (χ2v) is 6.44. The van der Waals surface area contributed by atoms with E-state index in [1.807, 2.05) is 13.8 Å². The molecule has 0 aliphatic carbocycles. The molecule has 2 fully saturated rings. The Hall–Kier alpha value is -2.45. The molecule has 0 saturated carbocycles. The number of nitrogens with one attached hydrogen (secondary N) is 2. The molecule has 2 N–H and O–H groups in total. The largest absolute Gasteiger partial charge is 0.337 e. The Bertz CT molecular complexity index is 618. The monoisotopic (exact) mass is 320 g/mol. The average Bonchev–Trinajstić information content (AvgIpc) is 3.12. The van der Waals surface area contributed by atoms with Gasteiger partial charge in [0.15, 0.2) is 5.69 Å². The Morgan fingerprint density at radius 2 is 2.04 bits per heavy atom. The lowest BCUT2D eigenvalue weighted by atomic mass is 9.85. The molecule has 0 atom stereocenters. The quantitative estimate of drug-likeness (QED) is 0.761. The van der Waals surface area contributed by atoms with Crippen LogP contribution in [0.3, 0.4) is 0 Å². The molecule has 2 saturated heterocycles. The van der Waals surface area contributed by atoms with Crippen molar-refractivity contribution in [1.82, 2.24) is 30.5 Å². The van der Waals surface area contributed by atoms with E-state index in [9.17, 15) is 14.4 Å². The minimum absolute atomic E-state index is 0.214. The zero-order valence-corrected chi connectivity index (χ0v) is 13.2. The smallest absolute Gasteiger partial charge is 0.325 e. The number of hydrogen-bond donors (Lipinski definition) is 2. The van der Waals surface area contributed by atoms with Gasteiger partial charge >= 0.3 is 6.03 Å². The highest BCUT2D eigenvalue weighted by Gasteiger charge is 2.54. The van der Waals surface area contributed by atoms with Crippen LogP contribution in [-0.4, -0.2) is 68.2 Å². The molecule has 3 rings (SSSR count). The van der Waals surface area contributed by atoms with Gasteiger partial charge in [-0.2, -0.15) is 15.4 Å². The predicted octanol–water partition coefficient (Wildman–Crippen LogP) is -0.0127. The van der Waals surface area contributed by atoms with Crippen molar-refractivity contribution in [3.63, 3.8) is 0 Å². The van der Waals surface area contributed by atoms with Gasteiger partial charge in [0.1, 0.15) is 5.54 Å². The first-order valence-corrected chi connectivity index (χ1v) is 7.72. The third-order valence-corrected chi connectivity index (χ3v) is 4.46. The lowest BCUT2D eigenvalue weighted by Gasteiger charge is -2.42. The van der Waals surface area contributed by atoms with E-state index >= 15 is 0 Å². The van der Waals surface area contributed by atoms with E-state index in [1.54, 1.807) is 9.80 Å². The van der Waals surface area contributed by atoms with Crippen LogP contribution in [0.5, 0.6) is 0 Å². The van der Waals surface area contributed by atoms with Crippen molar-refractivity contribution >= 4 is 17.8 Å². The predicted molar refractivity (Wildman–Crippen MR) is 79.3 cm³/mol. The number of nitrogens with zero attached hydrogens (tertiary/aromatic N) is 4. The van der Waals surface area contributed by atoms with E-state index in [-0.39, 0.29) is 29.5 Å². The fraction of sp³-hybridized carbons (Fsp3) is 0.643. The molecule has 1 aromatic heterocycles. The van der Waals surface area contributed by atoms with Crippen LogP contribution in [0.25, 0.3) is 0 Å². The fourth-order valence-corrected chi connectivity index (χ4v) is 3.26. The number of amides is 4. The molecule has 0 unspecified atom stereocenters. The molecule has 124 valence electrons. The van der Waals surface area contributed by atoms with E-state index < -0.39 is 5.54 Å². The zero-order valence-electron chi connectivity index (χ0n) is 13.2. The molecule has 0 aromatic carbocycles. The Labute approximate surface area is 133 Å². The van der Waals surface area contributed by atoms with E-state index in [4.69, 9.17) is 0 Å². The molecule has 0 radical (unpaired) electrons. The molecule has 23 heavy (non-hydrogen) atoms. The number of aromatic nitrogens is 3. The van der Waals surface area contributed by atoms with Crippen molar-refractivity contribution in [2.24, 2.45) is 5.92 Å². The Morgan fingerprint density at radius 1 is 1.35 bits per heavy atom. The summed E-state index contributed by atoms with van der Waals surface area (Å²) in [5.74, 6) is -0.205. The van der Waals surface area contributed by atoms with E-state index in [2.05, 4.69) is 20.7 Å². The van der Waals surface area contributed by atoms with Crippen molar-refractivity contribution in [1.29, 1.82) is 0 Å². The van der Waals surface area contributed by atoms with Crippen molar-refractivity contribution in [2.75, 3.05) is 19.6 Å². The molecular weight excluding hydrogens is 300 g/mol. The number of likely N-dealkylation sites (tertiary alicyclic amines) is 1. The topological polar surface area (TPSA) is 111 Å². The number of imide groups is 1. The van der Waals surface area contributed by atoms with Crippen LogP contribution in [-0.2, 0) is 4.79 Å². The molecule has 2 aliphatic rings. The van der Waals surface area contributed by atoms with Crippen molar-refractivity contribution in [3.05, 3.63) is 11.9 Å². The molecule has 4 amide bonds. The number of urea groups is 1. The molecule has 9 nitrogen and oxygen atoms in total. The van der Waals surface area contributed by atoms with E-state index in [0.717, 1.165) is 0 Å². The molecule has 2 aliphatic heterocycles. The molecule has 1 aromatic rings. The van der Waals surface area contributed by atoms with Gasteiger partial charge in [-0.1, -0.05) is 13.8 Å². The molecule has 1 spiro atoms. The number of H-pyrrole nitrogens is 1. The van der Waals surface area contributed by atoms with Gasteiger partial charge in [0.05, 0.1) is 6.20 Å². The number of hydrogen-bond acceptors (Lipinski definition) is 5. The highest BCUT2D eigenvalue weighted by molar-refractivity contribution is 6.07.